The Morgan fingerprint density at radius 1 is 1.40 bits per heavy atom. The van der Waals surface area contributed by atoms with Crippen LogP contribution in [0.2, 0.25) is 0 Å². The largest absolute Gasteiger partial charge is 0.469 e. The van der Waals surface area contributed by atoms with Gasteiger partial charge in [-0.2, -0.15) is 0 Å². The minimum atomic E-state index is -3.43. The third-order valence-electron chi connectivity index (χ3n) is 2.84. The first kappa shape index (κ1) is 15.2. The van der Waals surface area contributed by atoms with Gasteiger partial charge in [0.15, 0.2) is 0 Å². The van der Waals surface area contributed by atoms with Crippen LogP contribution in [0.15, 0.2) is 33.1 Å². The second kappa shape index (κ2) is 6.53. The maximum absolute atomic E-state index is 12.2. The third kappa shape index (κ3) is 3.69. The summed E-state index contributed by atoms with van der Waals surface area (Å²) in [5.41, 5.74) is 0.996. The molecular formula is C13H18N2O3S2. The van der Waals surface area contributed by atoms with Crippen LogP contribution >= 0.6 is 11.3 Å². The molecule has 2 rings (SSSR count). The molecule has 0 fully saturated rings. The average molecular weight is 314 g/mol. The molecule has 2 aromatic heterocycles. The first-order valence-electron chi connectivity index (χ1n) is 6.29. The van der Waals surface area contributed by atoms with E-state index in [9.17, 15) is 8.42 Å². The van der Waals surface area contributed by atoms with E-state index in [2.05, 4.69) is 10.0 Å². The first-order chi connectivity index (χ1) is 9.53. The number of nitrogens with one attached hydrogen (secondary N) is 2. The number of thiophene rings is 1. The summed E-state index contributed by atoms with van der Waals surface area (Å²) in [6, 6.07) is 5.33. The Morgan fingerprint density at radius 2 is 2.20 bits per heavy atom. The molecule has 0 spiro atoms. The minimum absolute atomic E-state index is 0.328. The van der Waals surface area contributed by atoms with Crippen molar-refractivity contribution in [2.45, 2.75) is 24.1 Å². The lowest BCUT2D eigenvalue weighted by atomic mass is 10.3. The Morgan fingerprint density at radius 3 is 2.85 bits per heavy atom. The smallest absolute Gasteiger partial charge is 0.250 e. The lowest BCUT2D eigenvalue weighted by Crippen LogP contribution is -2.25. The maximum atomic E-state index is 12.2. The summed E-state index contributed by atoms with van der Waals surface area (Å²) >= 11 is 1.30. The lowest BCUT2D eigenvalue weighted by Gasteiger charge is -2.03. The van der Waals surface area contributed by atoms with Crippen LogP contribution in [-0.4, -0.2) is 22.0 Å². The zero-order valence-electron chi connectivity index (χ0n) is 11.5. The van der Waals surface area contributed by atoms with E-state index in [0.29, 0.717) is 23.7 Å². The third-order valence-corrected chi connectivity index (χ3v) is 6.02. The molecule has 0 aliphatic heterocycles. The van der Waals surface area contributed by atoms with Gasteiger partial charge in [0.1, 0.15) is 9.97 Å². The van der Waals surface area contributed by atoms with Gasteiger partial charge in [-0.05, 0) is 37.7 Å². The molecule has 0 saturated carbocycles. The number of hydrogen-bond donors (Lipinski definition) is 2. The summed E-state index contributed by atoms with van der Waals surface area (Å²) in [6.07, 6.45) is 2.12. The summed E-state index contributed by atoms with van der Waals surface area (Å²) in [5, 5.41) is 3.03. The number of furan rings is 1. The molecule has 7 heteroatoms. The molecule has 2 N–H and O–H groups in total. The molecule has 0 atom stereocenters. The van der Waals surface area contributed by atoms with E-state index in [1.165, 1.54) is 11.3 Å². The first-order valence-corrected chi connectivity index (χ1v) is 8.59. The van der Waals surface area contributed by atoms with Gasteiger partial charge in [-0.3, -0.25) is 0 Å². The van der Waals surface area contributed by atoms with E-state index in [1.54, 1.807) is 18.4 Å². The van der Waals surface area contributed by atoms with Crippen molar-refractivity contribution in [3.05, 3.63) is 40.7 Å². The lowest BCUT2D eigenvalue weighted by molar-refractivity contribution is 0.506. The highest BCUT2D eigenvalue weighted by atomic mass is 32.2. The van der Waals surface area contributed by atoms with Crippen LogP contribution < -0.4 is 10.0 Å². The van der Waals surface area contributed by atoms with E-state index in [0.717, 1.165) is 16.2 Å². The van der Waals surface area contributed by atoms with Gasteiger partial charge in [0, 0.05) is 24.4 Å². The van der Waals surface area contributed by atoms with Gasteiger partial charge in [0.25, 0.3) is 0 Å². The van der Waals surface area contributed by atoms with Crippen molar-refractivity contribution in [3.63, 3.8) is 0 Å². The van der Waals surface area contributed by atoms with Gasteiger partial charge in [0.05, 0.1) is 6.26 Å². The van der Waals surface area contributed by atoms with Crippen molar-refractivity contribution in [1.82, 2.24) is 10.0 Å². The number of hydrogen-bond acceptors (Lipinski definition) is 5. The Balaban J connectivity index is 2.00. The fourth-order valence-corrected chi connectivity index (χ4v) is 4.47. The van der Waals surface area contributed by atoms with Gasteiger partial charge in [-0.15, -0.1) is 11.3 Å². The molecule has 20 heavy (non-hydrogen) atoms. The summed E-state index contributed by atoms with van der Waals surface area (Å²) in [4.78, 5) is 1.04. The Hall–Kier alpha value is -1.15. The molecule has 110 valence electrons. The number of rotatable bonds is 7. The van der Waals surface area contributed by atoms with Gasteiger partial charge < -0.3 is 9.73 Å². The van der Waals surface area contributed by atoms with Gasteiger partial charge in [0.2, 0.25) is 10.0 Å². The molecule has 0 radical (unpaired) electrons. The second-order valence-corrected chi connectivity index (χ2v) is 7.56. The Labute approximate surface area is 123 Å². The summed E-state index contributed by atoms with van der Waals surface area (Å²) in [7, 11) is -1.59. The van der Waals surface area contributed by atoms with E-state index in [-0.39, 0.29) is 0 Å². The summed E-state index contributed by atoms with van der Waals surface area (Å²) in [5.74, 6) is 0.769. The zero-order chi connectivity index (χ0) is 14.6. The maximum Gasteiger partial charge on any atom is 0.250 e. The van der Waals surface area contributed by atoms with Crippen LogP contribution in [-0.2, 0) is 23.0 Å². The van der Waals surface area contributed by atoms with E-state index >= 15 is 0 Å². The molecule has 0 aromatic carbocycles. The normalized spacial score (nSPS) is 11.9. The van der Waals surface area contributed by atoms with Crippen molar-refractivity contribution in [3.8, 4) is 0 Å². The van der Waals surface area contributed by atoms with Crippen LogP contribution in [0.4, 0.5) is 0 Å². The highest BCUT2D eigenvalue weighted by Crippen LogP contribution is 2.25. The predicted octanol–water partition coefficient (Wildman–Crippen LogP) is 1.89. The molecule has 2 aromatic rings. The highest BCUT2D eigenvalue weighted by molar-refractivity contribution is 7.91. The molecule has 0 saturated heterocycles. The Bertz CT molecular complexity index is 645. The van der Waals surface area contributed by atoms with Gasteiger partial charge in [-0.25, -0.2) is 13.1 Å². The zero-order valence-corrected chi connectivity index (χ0v) is 13.1. The van der Waals surface area contributed by atoms with Crippen molar-refractivity contribution < 1.29 is 12.8 Å². The SMILES string of the molecule is CNCc1sc(S(=O)(=O)NCCc2ccco2)cc1C. The number of aryl methyl sites for hydroxylation is 1. The highest BCUT2D eigenvalue weighted by Gasteiger charge is 2.18. The monoisotopic (exact) mass is 314 g/mol. The average Bonchev–Trinajstić information content (AvgIpc) is 3.01. The van der Waals surface area contributed by atoms with Crippen LogP contribution in [0.1, 0.15) is 16.2 Å². The standard InChI is InChI=1S/C13H18N2O3S2/c1-10-8-13(19-12(10)9-14-2)20(16,17)15-6-5-11-4-3-7-18-11/h3-4,7-8,14-15H,5-6,9H2,1-2H3. The van der Waals surface area contributed by atoms with Gasteiger partial charge in [-0.1, -0.05) is 0 Å². The quantitative estimate of drug-likeness (QED) is 0.819. The fraction of sp³-hybridized carbons (Fsp3) is 0.385. The van der Waals surface area contributed by atoms with Crippen molar-refractivity contribution in [2.24, 2.45) is 0 Å². The molecule has 2 heterocycles. The predicted molar refractivity (Wildman–Crippen MR) is 79.4 cm³/mol. The fourth-order valence-electron chi connectivity index (χ4n) is 1.79. The molecule has 0 unspecified atom stereocenters. The minimum Gasteiger partial charge on any atom is -0.469 e. The molecule has 0 bridgehead atoms. The second-order valence-electron chi connectivity index (χ2n) is 4.43. The van der Waals surface area contributed by atoms with Crippen LogP contribution in [0.5, 0.6) is 0 Å². The Kier molecular flexibility index (Phi) is 4.98. The summed E-state index contributed by atoms with van der Waals surface area (Å²) in [6.45, 7) is 2.93. The van der Waals surface area contributed by atoms with Crippen LogP contribution in [0, 0.1) is 6.92 Å². The van der Waals surface area contributed by atoms with E-state index in [1.807, 2.05) is 20.0 Å². The van der Waals surface area contributed by atoms with Crippen molar-refractivity contribution in [1.29, 1.82) is 0 Å². The number of sulfonamides is 1. The van der Waals surface area contributed by atoms with Crippen LogP contribution in [0.25, 0.3) is 0 Å². The molecule has 5 nitrogen and oxygen atoms in total. The van der Waals surface area contributed by atoms with Crippen LogP contribution in [0.3, 0.4) is 0 Å². The van der Waals surface area contributed by atoms with Crippen molar-refractivity contribution in [2.75, 3.05) is 13.6 Å². The summed E-state index contributed by atoms with van der Waals surface area (Å²) < 4.78 is 32.5. The van der Waals surface area contributed by atoms with Gasteiger partial charge >= 0.3 is 0 Å². The molecule has 0 amide bonds. The van der Waals surface area contributed by atoms with Crippen molar-refractivity contribution >= 4 is 21.4 Å². The molecule has 0 aliphatic rings. The molecule has 0 aliphatic carbocycles. The van der Waals surface area contributed by atoms with E-state index in [4.69, 9.17) is 4.42 Å². The van der Waals surface area contributed by atoms with E-state index < -0.39 is 10.0 Å². The topological polar surface area (TPSA) is 71.3 Å². The molecular weight excluding hydrogens is 296 g/mol.